The summed E-state index contributed by atoms with van der Waals surface area (Å²) in [4.78, 5) is 0. The average Bonchev–Trinajstić information content (AvgIpc) is 2.47. The third-order valence-electron chi connectivity index (χ3n) is 3.48. The number of hydrogen-bond donors (Lipinski definition) is 1. The quantitative estimate of drug-likeness (QED) is 0.886. The molecule has 0 radical (unpaired) electrons. The maximum atomic E-state index is 6.34. The van der Waals surface area contributed by atoms with Crippen LogP contribution in [0.2, 0.25) is 0 Å². The summed E-state index contributed by atoms with van der Waals surface area (Å²) < 4.78 is 11.6. The van der Waals surface area contributed by atoms with Crippen LogP contribution in [0.1, 0.15) is 22.7 Å². The Hall–Kier alpha value is -1.52. The van der Waals surface area contributed by atoms with E-state index in [9.17, 15) is 0 Å². The van der Waals surface area contributed by atoms with E-state index in [4.69, 9.17) is 15.2 Å². The SMILES string of the molecule is COc1ccc(C(N)Cc2cc(C)ccc2OC)cc1Br. The minimum atomic E-state index is -0.0945. The highest BCUT2D eigenvalue weighted by Crippen LogP contribution is 2.30. The Labute approximate surface area is 134 Å². The molecule has 2 aromatic carbocycles. The third kappa shape index (κ3) is 3.77. The Bertz CT molecular complexity index is 628. The molecule has 0 aromatic heterocycles. The molecule has 21 heavy (non-hydrogen) atoms. The van der Waals surface area contributed by atoms with Crippen molar-refractivity contribution in [3.05, 3.63) is 57.6 Å². The number of ether oxygens (including phenoxy) is 2. The smallest absolute Gasteiger partial charge is 0.133 e. The lowest BCUT2D eigenvalue weighted by atomic mass is 9.98. The summed E-state index contributed by atoms with van der Waals surface area (Å²) in [6.45, 7) is 2.07. The number of aryl methyl sites for hydroxylation is 1. The number of halogens is 1. The fraction of sp³-hybridized carbons (Fsp3) is 0.294. The molecule has 3 nitrogen and oxygen atoms in total. The Morgan fingerprint density at radius 2 is 1.71 bits per heavy atom. The van der Waals surface area contributed by atoms with Crippen molar-refractivity contribution in [3.8, 4) is 11.5 Å². The van der Waals surface area contributed by atoms with E-state index in [0.717, 1.165) is 33.5 Å². The van der Waals surface area contributed by atoms with Crippen LogP contribution in [0.15, 0.2) is 40.9 Å². The minimum absolute atomic E-state index is 0.0945. The molecule has 1 unspecified atom stereocenters. The summed E-state index contributed by atoms with van der Waals surface area (Å²) >= 11 is 3.50. The lowest BCUT2D eigenvalue weighted by Gasteiger charge is -2.16. The van der Waals surface area contributed by atoms with Gasteiger partial charge in [-0.1, -0.05) is 23.8 Å². The molecule has 0 aliphatic rings. The van der Waals surface area contributed by atoms with E-state index in [-0.39, 0.29) is 6.04 Å². The van der Waals surface area contributed by atoms with E-state index in [1.54, 1.807) is 14.2 Å². The van der Waals surface area contributed by atoms with Gasteiger partial charge in [0.1, 0.15) is 11.5 Å². The molecule has 1 atom stereocenters. The van der Waals surface area contributed by atoms with E-state index >= 15 is 0 Å². The molecule has 0 fully saturated rings. The van der Waals surface area contributed by atoms with Crippen molar-refractivity contribution >= 4 is 15.9 Å². The molecule has 0 saturated heterocycles. The summed E-state index contributed by atoms with van der Waals surface area (Å²) in [5, 5.41) is 0. The lowest BCUT2D eigenvalue weighted by Crippen LogP contribution is -2.14. The number of rotatable bonds is 5. The van der Waals surface area contributed by atoms with Crippen LogP contribution in [-0.2, 0) is 6.42 Å². The lowest BCUT2D eigenvalue weighted by molar-refractivity contribution is 0.407. The van der Waals surface area contributed by atoms with Gasteiger partial charge in [-0.15, -0.1) is 0 Å². The Morgan fingerprint density at radius 3 is 2.33 bits per heavy atom. The number of benzene rings is 2. The second-order valence-corrected chi connectivity index (χ2v) is 5.87. The Kier molecular flexibility index (Phi) is 5.26. The molecular weight excluding hydrogens is 330 g/mol. The fourth-order valence-electron chi connectivity index (χ4n) is 2.33. The van der Waals surface area contributed by atoms with E-state index in [1.165, 1.54) is 5.56 Å². The summed E-state index contributed by atoms with van der Waals surface area (Å²) in [5.41, 5.74) is 9.73. The van der Waals surface area contributed by atoms with Gasteiger partial charge in [-0.25, -0.2) is 0 Å². The van der Waals surface area contributed by atoms with Gasteiger partial charge in [-0.2, -0.15) is 0 Å². The minimum Gasteiger partial charge on any atom is -0.496 e. The zero-order chi connectivity index (χ0) is 15.4. The molecule has 0 aliphatic carbocycles. The molecule has 2 N–H and O–H groups in total. The average molecular weight is 350 g/mol. The van der Waals surface area contributed by atoms with Gasteiger partial charge in [-0.05, 0) is 58.6 Å². The monoisotopic (exact) mass is 349 g/mol. The van der Waals surface area contributed by atoms with Crippen LogP contribution in [-0.4, -0.2) is 14.2 Å². The topological polar surface area (TPSA) is 44.5 Å². The van der Waals surface area contributed by atoms with E-state index in [0.29, 0.717) is 0 Å². The van der Waals surface area contributed by atoms with Crippen molar-refractivity contribution in [2.24, 2.45) is 5.73 Å². The number of methoxy groups -OCH3 is 2. The molecule has 0 spiro atoms. The first kappa shape index (κ1) is 15.9. The molecule has 4 heteroatoms. The fourth-order valence-corrected chi connectivity index (χ4v) is 2.89. The van der Waals surface area contributed by atoms with Gasteiger partial charge >= 0.3 is 0 Å². The predicted octanol–water partition coefficient (Wildman–Crippen LogP) is 4.02. The van der Waals surface area contributed by atoms with Gasteiger partial charge in [0.25, 0.3) is 0 Å². The summed E-state index contributed by atoms with van der Waals surface area (Å²) in [6, 6.07) is 12.0. The predicted molar refractivity (Wildman–Crippen MR) is 89.1 cm³/mol. The normalized spacial score (nSPS) is 12.0. The van der Waals surface area contributed by atoms with Gasteiger partial charge < -0.3 is 15.2 Å². The summed E-state index contributed by atoms with van der Waals surface area (Å²) in [7, 11) is 3.33. The van der Waals surface area contributed by atoms with Crippen LogP contribution < -0.4 is 15.2 Å². The molecular formula is C17H20BrNO2. The number of nitrogens with two attached hydrogens (primary N) is 1. The van der Waals surface area contributed by atoms with Crippen molar-refractivity contribution in [1.29, 1.82) is 0 Å². The molecule has 0 amide bonds. The van der Waals surface area contributed by atoms with Gasteiger partial charge in [-0.3, -0.25) is 0 Å². The highest BCUT2D eigenvalue weighted by Gasteiger charge is 2.13. The van der Waals surface area contributed by atoms with Crippen LogP contribution in [0.4, 0.5) is 0 Å². The highest BCUT2D eigenvalue weighted by atomic mass is 79.9. The van der Waals surface area contributed by atoms with Crippen LogP contribution >= 0.6 is 15.9 Å². The van der Waals surface area contributed by atoms with Crippen LogP contribution in [0, 0.1) is 6.92 Å². The van der Waals surface area contributed by atoms with Gasteiger partial charge in [0, 0.05) is 6.04 Å². The first-order chi connectivity index (χ1) is 10.0. The molecule has 2 rings (SSSR count). The third-order valence-corrected chi connectivity index (χ3v) is 4.10. The van der Waals surface area contributed by atoms with Crippen molar-refractivity contribution < 1.29 is 9.47 Å². The largest absolute Gasteiger partial charge is 0.496 e. The van der Waals surface area contributed by atoms with Crippen molar-refractivity contribution in [1.82, 2.24) is 0 Å². The van der Waals surface area contributed by atoms with E-state index in [2.05, 4.69) is 28.9 Å². The Balaban J connectivity index is 2.23. The maximum Gasteiger partial charge on any atom is 0.133 e. The van der Waals surface area contributed by atoms with Crippen molar-refractivity contribution in [3.63, 3.8) is 0 Å². The van der Waals surface area contributed by atoms with Crippen LogP contribution in [0.5, 0.6) is 11.5 Å². The van der Waals surface area contributed by atoms with Crippen LogP contribution in [0.3, 0.4) is 0 Å². The standard InChI is InChI=1S/C17H20BrNO2/c1-11-4-6-16(20-2)13(8-11)10-15(19)12-5-7-17(21-3)14(18)9-12/h4-9,15H,10,19H2,1-3H3. The molecule has 2 aromatic rings. The van der Waals surface area contributed by atoms with E-state index in [1.807, 2.05) is 30.3 Å². The van der Waals surface area contributed by atoms with E-state index < -0.39 is 0 Å². The molecule has 0 heterocycles. The highest BCUT2D eigenvalue weighted by molar-refractivity contribution is 9.10. The van der Waals surface area contributed by atoms with Gasteiger partial charge in [0.15, 0.2) is 0 Å². The zero-order valence-corrected chi connectivity index (χ0v) is 14.1. The molecule has 0 aliphatic heterocycles. The maximum absolute atomic E-state index is 6.34. The molecule has 0 saturated carbocycles. The summed E-state index contributed by atoms with van der Waals surface area (Å²) in [5.74, 6) is 1.68. The first-order valence-corrected chi connectivity index (χ1v) is 7.57. The first-order valence-electron chi connectivity index (χ1n) is 6.77. The van der Waals surface area contributed by atoms with Crippen molar-refractivity contribution in [2.45, 2.75) is 19.4 Å². The van der Waals surface area contributed by atoms with Crippen molar-refractivity contribution in [2.75, 3.05) is 14.2 Å². The Morgan fingerprint density at radius 1 is 1.05 bits per heavy atom. The van der Waals surface area contributed by atoms with Gasteiger partial charge in [0.05, 0.1) is 18.7 Å². The molecule has 112 valence electrons. The zero-order valence-electron chi connectivity index (χ0n) is 12.5. The summed E-state index contributed by atoms with van der Waals surface area (Å²) in [6.07, 6.45) is 0.726. The second kappa shape index (κ2) is 6.96. The van der Waals surface area contributed by atoms with Gasteiger partial charge in [0.2, 0.25) is 0 Å². The second-order valence-electron chi connectivity index (χ2n) is 5.02. The number of hydrogen-bond acceptors (Lipinski definition) is 3. The molecule has 0 bridgehead atoms. The van der Waals surface area contributed by atoms with Crippen LogP contribution in [0.25, 0.3) is 0 Å².